The first-order valence-corrected chi connectivity index (χ1v) is 12.9. The van der Waals surface area contributed by atoms with Crippen LogP contribution in [-0.2, 0) is 14.8 Å². The Morgan fingerprint density at radius 2 is 1.84 bits per heavy atom. The topological polar surface area (TPSA) is 92.7 Å². The number of aromatic nitrogens is 2. The molecule has 0 aliphatic carbocycles. The molecule has 1 aliphatic heterocycles. The highest BCUT2D eigenvalue weighted by Gasteiger charge is 2.35. The molecule has 1 aromatic heterocycles. The molecule has 1 saturated heterocycles. The van der Waals surface area contributed by atoms with Crippen LogP contribution in [0.5, 0.6) is 5.75 Å². The summed E-state index contributed by atoms with van der Waals surface area (Å²) in [6, 6.07) is 12.5. The Balaban J connectivity index is 1.45. The molecule has 1 fully saturated rings. The smallest absolute Gasteiger partial charge is 0.245 e. The van der Waals surface area contributed by atoms with Gasteiger partial charge >= 0.3 is 0 Å². The van der Waals surface area contributed by atoms with Gasteiger partial charge < -0.3 is 9.64 Å². The minimum absolute atomic E-state index is 0.0273. The molecule has 32 heavy (non-hydrogen) atoms. The van der Waals surface area contributed by atoms with Gasteiger partial charge in [0.05, 0.1) is 18.3 Å². The molecule has 1 amide bonds. The predicted molar refractivity (Wildman–Crippen MR) is 125 cm³/mol. The molecule has 2 heterocycles. The number of carbonyl (C=O) groups excluding carboxylic acids is 1. The number of carbonyl (C=O) groups is 1. The summed E-state index contributed by atoms with van der Waals surface area (Å²) in [5, 5.41) is 0. The number of benzene rings is 2. The Hall–Kier alpha value is -2.56. The lowest BCUT2D eigenvalue weighted by Gasteiger charge is -2.33. The second kappa shape index (κ2) is 9.51. The molecule has 170 valence electrons. The molecule has 0 unspecified atom stereocenters. The summed E-state index contributed by atoms with van der Waals surface area (Å²) in [7, 11) is -3.70. The molecule has 8 nitrogen and oxygen atoms in total. The summed E-state index contributed by atoms with van der Waals surface area (Å²) in [4.78, 5) is 15.2. The second-order valence-electron chi connectivity index (χ2n) is 7.58. The van der Waals surface area contributed by atoms with Gasteiger partial charge in [-0.25, -0.2) is 8.42 Å². The first kappa shape index (κ1) is 22.6. The van der Waals surface area contributed by atoms with E-state index in [0.29, 0.717) is 50.1 Å². The van der Waals surface area contributed by atoms with Gasteiger partial charge in [-0.2, -0.15) is 13.1 Å². The molecular weight excluding hydrogens is 448 g/mol. The highest BCUT2D eigenvalue weighted by Crippen LogP contribution is 2.30. The molecular formula is C22H26N4O4S2. The fourth-order valence-corrected chi connectivity index (χ4v) is 6.27. The average molecular weight is 475 g/mol. The van der Waals surface area contributed by atoms with Gasteiger partial charge in [-0.15, -0.1) is 0 Å². The van der Waals surface area contributed by atoms with Gasteiger partial charge in [0.25, 0.3) is 0 Å². The minimum atomic E-state index is -3.70. The lowest BCUT2D eigenvalue weighted by atomic mass is 9.96. The molecule has 0 saturated carbocycles. The zero-order valence-electron chi connectivity index (χ0n) is 18.1. The van der Waals surface area contributed by atoms with Gasteiger partial charge in [0.1, 0.15) is 21.7 Å². The molecule has 4 rings (SSSR count). The van der Waals surface area contributed by atoms with Gasteiger partial charge in [-0.1, -0.05) is 6.07 Å². The van der Waals surface area contributed by atoms with E-state index in [0.717, 1.165) is 23.2 Å². The highest BCUT2D eigenvalue weighted by atomic mass is 32.2. The van der Waals surface area contributed by atoms with Crippen LogP contribution in [0.1, 0.15) is 26.7 Å². The van der Waals surface area contributed by atoms with Crippen LogP contribution >= 0.6 is 11.7 Å². The van der Waals surface area contributed by atoms with E-state index in [4.69, 9.17) is 4.74 Å². The minimum Gasteiger partial charge on any atom is -0.494 e. The third-order valence-electron chi connectivity index (χ3n) is 5.71. The lowest BCUT2D eigenvalue weighted by Crippen LogP contribution is -2.44. The van der Waals surface area contributed by atoms with Crippen LogP contribution < -0.4 is 9.64 Å². The number of nitrogens with zero attached hydrogens (tertiary/aromatic N) is 4. The zero-order valence-corrected chi connectivity index (χ0v) is 19.7. The van der Waals surface area contributed by atoms with E-state index < -0.39 is 10.0 Å². The third kappa shape index (κ3) is 4.35. The van der Waals surface area contributed by atoms with Gasteiger partial charge in [-0.05, 0) is 63.1 Å². The molecule has 0 atom stereocenters. The Labute approximate surface area is 192 Å². The van der Waals surface area contributed by atoms with Crippen molar-refractivity contribution in [2.45, 2.75) is 31.6 Å². The van der Waals surface area contributed by atoms with Crippen molar-refractivity contribution >= 4 is 44.4 Å². The van der Waals surface area contributed by atoms with Crippen LogP contribution in [0.2, 0.25) is 0 Å². The molecule has 10 heteroatoms. The highest BCUT2D eigenvalue weighted by molar-refractivity contribution is 7.89. The van der Waals surface area contributed by atoms with Crippen molar-refractivity contribution in [1.82, 2.24) is 13.1 Å². The number of amides is 1. The standard InChI is InChI=1S/C22H26N4O4S2/c1-3-26(17-8-10-18(11-9-17)30-4-2)22(27)16-12-14-25(15-13-16)32(28,29)20-7-5-6-19-21(20)24-31-23-19/h5-11,16H,3-4,12-15H2,1-2H3. The normalized spacial score (nSPS) is 15.7. The predicted octanol–water partition coefficient (Wildman–Crippen LogP) is 3.54. The van der Waals surface area contributed by atoms with Crippen LogP contribution in [0.15, 0.2) is 47.4 Å². The van der Waals surface area contributed by atoms with Gasteiger partial charge in [-0.3, -0.25) is 4.79 Å². The van der Waals surface area contributed by atoms with Crippen molar-refractivity contribution < 1.29 is 17.9 Å². The maximum absolute atomic E-state index is 13.2. The number of hydrogen-bond donors (Lipinski definition) is 0. The molecule has 0 bridgehead atoms. The van der Waals surface area contributed by atoms with Crippen LogP contribution in [0.25, 0.3) is 11.0 Å². The Kier molecular flexibility index (Phi) is 6.73. The number of anilines is 1. The summed E-state index contributed by atoms with van der Waals surface area (Å²) in [5.74, 6) is 0.577. The average Bonchev–Trinajstić information content (AvgIpc) is 3.30. The first-order chi connectivity index (χ1) is 15.5. The fourth-order valence-electron chi connectivity index (χ4n) is 4.05. The van der Waals surface area contributed by atoms with Crippen molar-refractivity contribution in [3.8, 4) is 5.75 Å². The number of hydrogen-bond acceptors (Lipinski definition) is 7. The summed E-state index contributed by atoms with van der Waals surface area (Å²) in [5.41, 5.74) is 1.80. The van der Waals surface area contributed by atoms with E-state index in [2.05, 4.69) is 8.75 Å². The summed E-state index contributed by atoms with van der Waals surface area (Å²) < 4.78 is 41.7. The summed E-state index contributed by atoms with van der Waals surface area (Å²) in [6.07, 6.45) is 0.966. The first-order valence-electron chi connectivity index (χ1n) is 10.7. The molecule has 0 radical (unpaired) electrons. The van der Waals surface area contributed by atoms with Crippen LogP contribution in [0.4, 0.5) is 5.69 Å². The fraction of sp³-hybridized carbons (Fsp3) is 0.409. The van der Waals surface area contributed by atoms with E-state index in [9.17, 15) is 13.2 Å². The number of sulfonamides is 1. The van der Waals surface area contributed by atoms with Crippen molar-refractivity contribution in [1.29, 1.82) is 0 Å². The van der Waals surface area contributed by atoms with Gasteiger partial charge in [0.15, 0.2) is 0 Å². The summed E-state index contributed by atoms with van der Waals surface area (Å²) >= 11 is 1.00. The Bertz CT molecular complexity index is 1190. The van der Waals surface area contributed by atoms with Crippen molar-refractivity contribution in [2.75, 3.05) is 31.1 Å². The van der Waals surface area contributed by atoms with E-state index in [1.807, 2.05) is 38.1 Å². The van der Waals surface area contributed by atoms with Crippen molar-refractivity contribution in [2.24, 2.45) is 5.92 Å². The summed E-state index contributed by atoms with van der Waals surface area (Å²) in [6.45, 7) is 5.60. The van der Waals surface area contributed by atoms with Crippen molar-refractivity contribution in [3.05, 3.63) is 42.5 Å². The van der Waals surface area contributed by atoms with E-state index in [1.165, 1.54) is 4.31 Å². The second-order valence-corrected chi connectivity index (χ2v) is 10.0. The third-order valence-corrected chi connectivity index (χ3v) is 8.18. The van der Waals surface area contributed by atoms with E-state index in [-0.39, 0.29) is 16.7 Å². The molecule has 1 aliphatic rings. The Morgan fingerprint density at radius 1 is 1.12 bits per heavy atom. The van der Waals surface area contributed by atoms with Crippen molar-refractivity contribution in [3.63, 3.8) is 0 Å². The number of ether oxygens (including phenoxy) is 1. The molecule has 0 spiro atoms. The van der Waals surface area contributed by atoms with E-state index in [1.54, 1.807) is 23.1 Å². The van der Waals surface area contributed by atoms with E-state index >= 15 is 0 Å². The zero-order chi connectivity index (χ0) is 22.7. The molecule has 2 aromatic carbocycles. The SMILES string of the molecule is CCOc1ccc(N(CC)C(=O)C2CCN(S(=O)(=O)c3cccc4nsnc34)CC2)cc1. The maximum atomic E-state index is 13.2. The van der Waals surface area contributed by atoms with Crippen LogP contribution in [0.3, 0.4) is 0 Å². The Morgan fingerprint density at radius 3 is 2.50 bits per heavy atom. The lowest BCUT2D eigenvalue weighted by molar-refractivity contribution is -0.123. The van der Waals surface area contributed by atoms with Crippen LogP contribution in [0, 0.1) is 5.92 Å². The van der Waals surface area contributed by atoms with Crippen LogP contribution in [-0.4, -0.2) is 53.6 Å². The largest absolute Gasteiger partial charge is 0.494 e. The number of rotatable bonds is 7. The quantitative estimate of drug-likeness (QED) is 0.520. The van der Waals surface area contributed by atoms with Gasteiger partial charge in [0, 0.05) is 31.2 Å². The number of piperidine rings is 1. The monoisotopic (exact) mass is 474 g/mol. The molecule has 3 aromatic rings. The molecule has 0 N–H and O–H groups in total. The maximum Gasteiger partial charge on any atom is 0.245 e. The number of fused-ring (bicyclic) bond motifs is 1. The van der Waals surface area contributed by atoms with Gasteiger partial charge in [0.2, 0.25) is 15.9 Å².